The fraction of sp³-hybridized carbons (Fsp3) is 0.185. The molecular weight excluding hydrogens is 418 g/mol. The molecule has 3 aromatic rings. The lowest BCUT2D eigenvalue weighted by Gasteiger charge is -2.25. The molecule has 0 radical (unpaired) electrons. The van der Waals surface area contributed by atoms with Gasteiger partial charge in [-0.15, -0.1) is 0 Å². The minimum Gasteiger partial charge on any atom is -0.507 e. The van der Waals surface area contributed by atoms with E-state index in [1.54, 1.807) is 50.6 Å². The van der Waals surface area contributed by atoms with Crippen molar-refractivity contribution in [3.8, 4) is 11.5 Å². The number of benzene rings is 3. The third-order valence-corrected chi connectivity index (χ3v) is 5.82. The van der Waals surface area contributed by atoms with E-state index >= 15 is 0 Å². The molecule has 168 valence electrons. The van der Waals surface area contributed by atoms with E-state index in [0.29, 0.717) is 30.0 Å². The van der Waals surface area contributed by atoms with Gasteiger partial charge in [0.05, 0.1) is 25.8 Å². The first-order valence-electron chi connectivity index (χ1n) is 10.6. The van der Waals surface area contributed by atoms with E-state index in [9.17, 15) is 14.7 Å². The first-order chi connectivity index (χ1) is 16.0. The molecule has 6 nitrogen and oxygen atoms in total. The number of likely N-dealkylation sites (tertiary alicyclic amines) is 1. The van der Waals surface area contributed by atoms with E-state index in [1.807, 2.05) is 42.5 Å². The van der Waals surface area contributed by atoms with E-state index in [4.69, 9.17) is 9.47 Å². The van der Waals surface area contributed by atoms with Crippen molar-refractivity contribution in [2.45, 2.75) is 12.5 Å². The average molecular weight is 443 g/mol. The fourth-order valence-corrected chi connectivity index (χ4v) is 4.04. The Labute approximate surface area is 192 Å². The van der Waals surface area contributed by atoms with Crippen LogP contribution in [0, 0.1) is 0 Å². The number of ketones is 1. The maximum absolute atomic E-state index is 13.1. The zero-order chi connectivity index (χ0) is 23.4. The standard InChI is InChI=1S/C27H25NO5/c1-32-21-12-8-19(9-13-21)24-23(25(29)20-10-14-22(33-2)15-11-20)26(30)27(31)28(24)17-16-18-6-4-3-5-7-18/h3-15,24,29H,16-17H2,1-2H3/b25-23+. The Kier molecular flexibility index (Phi) is 6.45. The number of nitrogens with zero attached hydrogens (tertiary/aromatic N) is 1. The SMILES string of the molecule is COc1ccc(/C(O)=C2\C(=O)C(=O)N(CCc3ccccc3)C2c2ccc(OC)cc2)cc1. The Morgan fingerprint density at radius 2 is 1.42 bits per heavy atom. The van der Waals surface area contributed by atoms with Crippen LogP contribution in [0.5, 0.6) is 11.5 Å². The molecule has 1 fully saturated rings. The molecule has 3 aromatic carbocycles. The van der Waals surface area contributed by atoms with E-state index in [1.165, 1.54) is 4.90 Å². The molecule has 1 heterocycles. The van der Waals surface area contributed by atoms with Gasteiger partial charge in [-0.3, -0.25) is 9.59 Å². The van der Waals surface area contributed by atoms with Crippen LogP contribution in [-0.2, 0) is 16.0 Å². The lowest BCUT2D eigenvalue weighted by Crippen LogP contribution is -2.31. The number of carbonyl (C=O) groups excluding carboxylic acids is 2. The molecule has 1 unspecified atom stereocenters. The summed E-state index contributed by atoms with van der Waals surface area (Å²) in [7, 11) is 3.13. The van der Waals surface area contributed by atoms with E-state index in [-0.39, 0.29) is 11.3 Å². The maximum atomic E-state index is 13.1. The predicted molar refractivity (Wildman–Crippen MR) is 125 cm³/mol. The third-order valence-electron chi connectivity index (χ3n) is 5.82. The number of ether oxygens (including phenoxy) is 2. The predicted octanol–water partition coefficient (Wildman–Crippen LogP) is 4.37. The second-order valence-corrected chi connectivity index (χ2v) is 7.73. The molecule has 6 heteroatoms. The Morgan fingerprint density at radius 3 is 2.00 bits per heavy atom. The molecule has 33 heavy (non-hydrogen) atoms. The second-order valence-electron chi connectivity index (χ2n) is 7.73. The zero-order valence-electron chi connectivity index (χ0n) is 18.5. The largest absolute Gasteiger partial charge is 0.507 e. The molecule has 0 aliphatic carbocycles. The Bertz CT molecular complexity index is 1170. The summed E-state index contributed by atoms with van der Waals surface area (Å²) in [5.41, 5.74) is 2.29. The summed E-state index contributed by atoms with van der Waals surface area (Å²) < 4.78 is 10.4. The molecule has 0 spiro atoms. The molecule has 1 N–H and O–H groups in total. The summed E-state index contributed by atoms with van der Waals surface area (Å²) >= 11 is 0. The molecule has 1 amide bonds. The van der Waals surface area contributed by atoms with E-state index in [2.05, 4.69) is 0 Å². The van der Waals surface area contributed by atoms with Gasteiger partial charge >= 0.3 is 0 Å². The number of hydrogen-bond donors (Lipinski definition) is 1. The van der Waals surface area contributed by atoms with Gasteiger partial charge in [-0.1, -0.05) is 42.5 Å². The van der Waals surface area contributed by atoms with Gasteiger partial charge in [0, 0.05) is 12.1 Å². The van der Waals surface area contributed by atoms with Gasteiger partial charge in [0.2, 0.25) is 0 Å². The van der Waals surface area contributed by atoms with Crippen molar-refractivity contribution in [3.05, 3.63) is 101 Å². The van der Waals surface area contributed by atoms with Gasteiger partial charge in [-0.25, -0.2) is 0 Å². The normalized spacial score (nSPS) is 17.3. The van der Waals surface area contributed by atoms with Gasteiger partial charge < -0.3 is 19.5 Å². The molecule has 0 bridgehead atoms. The number of aliphatic hydroxyl groups is 1. The number of rotatable bonds is 7. The van der Waals surface area contributed by atoms with Crippen LogP contribution in [0.2, 0.25) is 0 Å². The van der Waals surface area contributed by atoms with Gasteiger partial charge in [-0.2, -0.15) is 0 Å². The minimum atomic E-state index is -0.707. The highest BCUT2D eigenvalue weighted by atomic mass is 16.5. The van der Waals surface area contributed by atoms with Crippen molar-refractivity contribution in [3.63, 3.8) is 0 Å². The summed E-state index contributed by atoms with van der Waals surface area (Å²) in [5.74, 6) is -0.241. The van der Waals surface area contributed by atoms with Crippen LogP contribution in [0.4, 0.5) is 0 Å². The molecular formula is C27H25NO5. The monoisotopic (exact) mass is 443 g/mol. The number of aliphatic hydroxyl groups excluding tert-OH is 1. The molecule has 0 aromatic heterocycles. The van der Waals surface area contributed by atoms with E-state index in [0.717, 1.165) is 11.1 Å². The van der Waals surface area contributed by atoms with Crippen molar-refractivity contribution in [1.29, 1.82) is 0 Å². The topological polar surface area (TPSA) is 76.1 Å². The van der Waals surface area contributed by atoms with Crippen molar-refractivity contribution in [2.75, 3.05) is 20.8 Å². The van der Waals surface area contributed by atoms with Crippen molar-refractivity contribution >= 4 is 17.4 Å². The molecule has 1 saturated heterocycles. The van der Waals surface area contributed by atoms with Gasteiger partial charge in [-0.05, 0) is 53.9 Å². The summed E-state index contributed by atoms with van der Waals surface area (Å²) in [6.07, 6.45) is 0.586. The van der Waals surface area contributed by atoms with Crippen molar-refractivity contribution in [2.24, 2.45) is 0 Å². The Morgan fingerprint density at radius 1 is 0.848 bits per heavy atom. The van der Waals surface area contributed by atoms with Gasteiger partial charge in [0.1, 0.15) is 17.3 Å². The number of hydrogen-bond acceptors (Lipinski definition) is 5. The number of methoxy groups -OCH3 is 2. The molecule has 0 saturated carbocycles. The highest BCUT2D eigenvalue weighted by molar-refractivity contribution is 6.46. The summed E-state index contributed by atoms with van der Waals surface area (Å²) in [4.78, 5) is 27.7. The summed E-state index contributed by atoms with van der Waals surface area (Å²) in [6.45, 7) is 0.338. The first kappa shape index (κ1) is 22.1. The number of amides is 1. The zero-order valence-corrected chi connectivity index (χ0v) is 18.5. The highest BCUT2D eigenvalue weighted by Crippen LogP contribution is 2.40. The van der Waals surface area contributed by atoms with Gasteiger partial charge in [0.25, 0.3) is 11.7 Å². The lowest BCUT2D eigenvalue weighted by atomic mass is 9.95. The van der Waals surface area contributed by atoms with Crippen LogP contribution in [0.15, 0.2) is 84.4 Å². The maximum Gasteiger partial charge on any atom is 0.295 e. The summed E-state index contributed by atoms with van der Waals surface area (Å²) in [6, 6.07) is 23.0. The molecule has 1 atom stereocenters. The highest BCUT2D eigenvalue weighted by Gasteiger charge is 2.45. The van der Waals surface area contributed by atoms with Crippen molar-refractivity contribution < 1.29 is 24.2 Å². The summed E-state index contributed by atoms with van der Waals surface area (Å²) in [5, 5.41) is 11.1. The van der Waals surface area contributed by atoms with Crippen LogP contribution in [0.1, 0.15) is 22.7 Å². The van der Waals surface area contributed by atoms with Crippen LogP contribution in [-0.4, -0.2) is 42.5 Å². The number of carbonyl (C=O) groups is 2. The van der Waals surface area contributed by atoms with Crippen LogP contribution >= 0.6 is 0 Å². The quantitative estimate of drug-likeness (QED) is 0.333. The Balaban J connectivity index is 1.77. The molecule has 1 aliphatic heterocycles. The van der Waals surface area contributed by atoms with Crippen LogP contribution in [0.3, 0.4) is 0 Å². The smallest absolute Gasteiger partial charge is 0.295 e. The first-order valence-corrected chi connectivity index (χ1v) is 10.6. The average Bonchev–Trinajstić information content (AvgIpc) is 3.12. The second kappa shape index (κ2) is 9.61. The van der Waals surface area contributed by atoms with Gasteiger partial charge in [0.15, 0.2) is 0 Å². The molecule has 1 aliphatic rings. The fourth-order valence-electron chi connectivity index (χ4n) is 4.04. The minimum absolute atomic E-state index is 0.0726. The molecule has 4 rings (SSSR count). The van der Waals surface area contributed by atoms with E-state index < -0.39 is 17.7 Å². The Hall–Kier alpha value is -4.06. The third kappa shape index (κ3) is 4.46. The number of Topliss-reactive ketones (excluding diaryl/α,β-unsaturated/α-hetero) is 1. The van der Waals surface area contributed by atoms with Crippen LogP contribution in [0.25, 0.3) is 5.76 Å². The van der Waals surface area contributed by atoms with Crippen LogP contribution < -0.4 is 9.47 Å². The van der Waals surface area contributed by atoms with Crippen molar-refractivity contribution in [1.82, 2.24) is 4.90 Å². The lowest BCUT2D eigenvalue weighted by molar-refractivity contribution is -0.139.